The molecule has 0 atom stereocenters. The molecule has 14 heteroatoms. The zero-order valence-corrected chi connectivity index (χ0v) is 21.6. The van der Waals surface area contributed by atoms with Gasteiger partial charge < -0.3 is 21.1 Å². The number of anilines is 4. The van der Waals surface area contributed by atoms with E-state index in [9.17, 15) is 18.0 Å². The van der Waals surface area contributed by atoms with E-state index in [2.05, 4.69) is 36.0 Å². The van der Waals surface area contributed by atoms with E-state index in [0.717, 1.165) is 5.56 Å². The summed E-state index contributed by atoms with van der Waals surface area (Å²) in [6, 6.07) is 8.10. The molecule has 0 radical (unpaired) electrons. The van der Waals surface area contributed by atoms with Gasteiger partial charge in [-0.2, -0.15) is 23.3 Å². The lowest BCUT2D eigenvalue weighted by atomic mass is 10.1. The maximum atomic E-state index is 13.8. The Hall–Kier alpha value is -4.23. The summed E-state index contributed by atoms with van der Waals surface area (Å²) in [5, 5.41) is 21.4. The summed E-state index contributed by atoms with van der Waals surface area (Å²) in [6.45, 7) is 2.34. The molecule has 0 aliphatic heterocycles. The Morgan fingerprint density at radius 3 is 2.56 bits per heavy atom. The number of benzene rings is 1. The van der Waals surface area contributed by atoms with Crippen molar-refractivity contribution in [3.05, 3.63) is 70.8 Å². The monoisotopic (exact) mass is 560 g/mol. The number of rotatable bonds is 9. The molecule has 0 spiro atoms. The lowest BCUT2D eigenvalue weighted by molar-refractivity contribution is -0.137. The van der Waals surface area contributed by atoms with Gasteiger partial charge in [0.2, 0.25) is 5.95 Å². The molecule has 4 rings (SSSR count). The van der Waals surface area contributed by atoms with Gasteiger partial charge in [0.05, 0.1) is 28.3 Å². The number of aryl methyl sites for hydroxylation is 2. The van der Waals surface area contributed by atoms with Crippen LogP contribution < -0.4 is 16.0 Å². The smallest absolute Gasteiger partial charge is 0.396 e. The van der Waals surface area contributed by atoms with Crippen LogP contribution in [0.1, 0.15) is 28.0 Å². The standard InChI is InChI=1S/C25H24ClF3N8O2/c1-14-4-5-19(17(26)10-14)35-24-31-12-16(25(27,28)29)22(36-24)34-20-7-6-18(33-21(20)23(39)30-2)15-11-32-37(13-15)8-3-9-38/h4-7,10-13,38H,3,8-9H2,1-2H3,(H,30,39)(H2,31,34,35,36). The van der Waals surface area contributed by atoms with Crippen molar-refractivity contribution in [2.45, 2.75) is 26.1 Å². The molecule has 204 valence electrons. The average molecular weight is 561 g/mol. The van der Waals surface area contributed by atoms with Crippen LogP contribution in [0.25, 0.3) is 11.3 Å². The van der Waals surface area contributed by atoms with E-state index in [1.54, 1.807) is 41.3 Å². The summed E-state index contributed by atoms with van der Waals surface area (Å²) in [6.07, 6.45) is -0.401. The summed E-state index contributed by atoms with van der Waals surface area (Å²) in [4.78, 5) is 24.9. The number of pyridine rings is 1. The van der Waals surface area contributed by atoms with Crippen LogP contribution in [0.15, 0.2) is 48.9 Å². The molecule has 1 amide bonds. The number of aliphatic hydroxyl groups is 1. The number of carbonyl (C=O) groups excluding carboxylic acids is 1. The highest BCUT2D eigenvalue weighted by molar-refractivity contribution is 6.33. The largest absolute Gasteiger partial charge is 0.421 e. The Bertz CT molecular complexity index is 1490. The zero-order valence-electron chi connectivity index (χ0n) is 20.8. The first-order chi connectivity index (χ1) is 18.6. The second kappa shape index (κ2) is 11.7. The first kappa shape index (κ1) is 27.8. The molecule has 0 unspecified atom stereocenters. The summed E-state index contributed by atoms with van der Waals surface area (Å²) < 4.78 is 43.1. The van der Waals surface area contributed by atoms with Gasteiger partial charge in [0, 0.05) is 38.2 Å². The lowest BCUT2D eigenvalue weighted by Crippen LogP contribution is -2.21. The summed E-state index contributed by atoms with van der Waals surface area (Å²) in [5.74, 6) is -1.35. The van der Waals surface area contributed by atoms with Gasteiger partial charge in [0.15, 0.2) is 5.69 Å². The fourth-order valence-electron chi connectivity index (χ4n) is 3.58. The number of nitrogens with zero attached hydrogens (tertiary/aromatic N) is 5. The quantitative estimate of drug-likeness (QED) is 0.226. The predicted octanol–water partition coefficient (Wildman–Crippen LogP) is 4.94. The minimum atomic E-state index is -4.79. The molecule has 0 aliphatic carbocycles. The Morgan fingerprint density at radius 2 is 1.87 bits per heavy atom. The molecule has 0 saturated heterocycles. The molecule has 0 bridgehead atoms. The van der Waals surface area contributed by atoms with Gasteiger partial charge in [-0.3, -0.25) is 9.48 Å². The third kappa shape index (κ3) is 6.62. The molecule has 3 heterocycles. The number of nitrogens with one attached hydrogen (secondary N) is 3. The van der Waals surface area contributed by atoms with Crippen LogP contribution in [0.4, 0.5) is 36.3 Å². The predicted molar refractivity (Wildman–Crippen MR) is 140 cm³/mol. The maximum absolute atomic E-state index is 13.8. The molecule has 39 heavy (non-hydrogen) atoms. The third-order valence-corrected chi connectivity index (χ3v) is 5.84. The molecule has 0 fully saturated rings. The van der Waals surface area contributed by atoms with Crippen LogP contribution in [-0.2, 0) is 12.7 Å². The van der Waals surface area contributed by atoms with Gasteiger partial charge in [0.1, 0.15) is 11.4 Å². The second-order valence-electron chi connectivity index (χ2n) is 8.43. The number of amides is 1. The van der Waals surface area contributed by atoms with E-state index < -0.39 is 23.5 Å². The third-order valence-electron chi connectivity index (χ3n) is 5.53. The van der Waals surface area contributed by atoms with Gasteiger partial charge in [-0.1, -0.05) is 17.7 Å². The van der Waals surface area contributed by atoms with Crippen LogP contribution in [0.5, 0.6) is 0 Å². The van der Waals surface area contributed by atoms with Gasteiger partial charge in [-0.25, -0.2) is 9.97 Å². The fourth-order valence-corrected chi connectivity index (χ4v) is 3.86. The number of hydrogen-bond acceptors (Lipinski definition) is 8. The molecule has 0 saturated carbocycles. The summed E-state index contributed by atoms with van der Waals surface area (Å²) in [7, 11) is 1.38. The molecule has 3 aromatic heterocycles. The van der Waals surface area contributed by atoms with E-state index in [1.165, 1.54) is 13.1 Å². The minimum Gasteiger partial charge on any atom is -0.396 e. The van der Waals surface area contributed by atoms with E-state index in [0.29, 0.717) is 41.1 Å². The fraction of sp³-hybridized carbons (Fsp3) is 0.240. The Kier molecular flexibility index (Phi) is 8.31. The first-order valence-corrected chi connectivity index (χ1v) is 12.1. The number of aromatic nitrogens is 5. The topological polar surface area (TPSA) is 130 Å². The highest BCUT2D eigenvalue weighted by atomic mass is 35.5. The molecular weight excluding hydrogens is 537 g/mol. The van der Waals surface area contributed by atoms with Crippen LogP contribution in [0.3, 0.4) is 0 Å². The minimum absolute atomic E-state index is 0.00529. The van der Waals surface area contributed by atoms with Crippen molar-refractivity contribution in [2.24, 2.45) is 0 Å². The van der Waals surface area contributed by atoms with Crippen LogP contribution >= 0.6 is 11.6 Å². The molecule has 10 nitrogen and oxygen atoms in total. The number of halogens is 4. The highest BCUT2D eigenvalue weighted by Crippen LogP contribution is 2.36. The molecule has 4 aromatic rings. The average Bonchev–Trinajstić information content (AvgIpc) is 3.37. The van der Waals surface area contributed by atoms with Crippen LogP contribution in [0.2, 0.25) is 5.02 Å². The molecule has 4 N–H and O–H groups in total. The van der Waals surface area contributed by atoms with E-state index >= 15 is 0 Å². The Balaban J connectivity index is 1.71. The molecule has 1 aromatic carbocycles. The van der Waals surface area contributed by atoms with Crippen molar-refractivity contribution in [3.63, 3.8) is 0 Å². The number of aliphatic hydroxyl groups excluding tert-OH is 1. The lowest BCUT2D eigenvalue weighted by Gasteiger charge is -2.17. The zero-order chi connectivity index (χ0) is 28.2. The van der Waals surface area contributed by atoms with E-state index in [4.69, 9.17) is 16.7 Å². The van der Waals surface area contributed by atoms with Crippen LogP contribution in [-0.4, -0.2) is 49.4 Å². The van der Waals surface area contributed by atoms with Gasteiger partial charge in [-0.05, 0) is 43.2 Å². The van der Waals surface area contributed by atoms with Crippen molar-refractivity contribution >= 4 is 40.6 Å². The summed E-state index contributed by atoms with van der Waals surface area (Å²) >= 11 is 6.23. The van der Waals surface area contributed by atoms with Gasteiger partial charge in [0.25, 0.3) is 5.91 Å². The van der Waals surface area contributed by atoms with E-state index in [-0.39, 0.29) is 23.9 Å². The SMILES string of the molecule is CNC(=O)c1nc(-c2cnn(CCCO)c2)ccc1Nc1nc(Nc2ccc(C)cc2Cl)ncc1C(F)(F)F. The molecule has 0 aliphatic rings. The van der Waals surface area contributed by atoms with Crippen molar-refractivity contribution in [2.75, 3.05) is 24.3 Å². The van der Waals surface area contributed by atoms with E-state index in [1.807, 2.05) is 6.92 Å². The van der Waals surface area contributed by atoms with Gasteiger partial charge in [-0.15, -0.1) is 0 Å². The number of alkyl halides is 3. The van der Waals surface area contributed by atoms with Crippen LogP contribution in [0, 0.1) is 6.92 Å². The first-order valence-electron chi connectivity index (χ1n) is 11.7. The second-order valence-corrected chi connectivity index (χ2v) is 8.84. The normalized spacial score (nSPS) is 11.4. The van der Waals surface area contributed by atoms with Crippen molar-refractivity contribution in [1.82, 2.24) is 30.0 Å². The van der Waals surface area contributed by atoms with Crippen molar-refractivity contribution in [1.29, 1.82) is 0 Å². The Morgan fingerprint density at radius 1 is 1.10 bits per heavy atom. The highest BCUT2D eigenvalue weighted by Gasteiger charge is 2.36. The number of carbonyl (C=O) groups is 1. The Labute approximate surface area is 226 Å². The summed E-state index contributed by atoms with van der Waals surface area (Å²) in [5.41, 5.74) is 0.977. The maximum Gasteiger partial charge on any atom is 0.421 e. The van der Waals surface area contributed by atoms with Gasteiger partial charge >= 0.3 is 6.18 Å². The number of hydrogen-bond donors (Lipinski definition) is 4. The van der Waals surface area contributed by atoms with Crippen molar-refractivity contribution < 1.29 is 23.1 Å². The molecular formula is C25H24ClF3N8O2. The van der Waals surface area contributed by atoms with Crippen molar-refractivity contribution in [3.8, 4) is 11.3 Å².